The highest BCUT2D eigenvalue weighted by Gasteiger charge is 1.99. The number of ketones is 1. The molecule has 0 saturated carbocycles. The molecule has 0 atom stereocenters. The number of nitrogens with one attached hydrogen (secondary N) is 1. The first-order chi connectivity index (χ1) is 7.99. The molecule has 0 unspecified atom stereocenters. The molecule has 0 aliphatic rings. The third-order valence-corrected chi connectivity index (χ3v) is 1.37. The third-order valence-electron chi connectivity index (χ3n) is 1.37. The van der Waals surface area contributed by atoms with Crippen LogP contribution in [0.15, 0.2) is 24.8 Å². The summed E-state index contributed by atoms with van der Waals surface area (Å²) in [5.74, 6) is -0.185. The van der Waals surface area contributed by atoms with E-state index in [4.69, 9.17) is 0 Å². The van der Waals surface area contributed by atoms with E-state index in [9.17, 15) is 14.0 Å². The number of alkyl halides is 1. The lowest BCUT2D eigenvalue weighted by Crippen LogP contribution is -2.13. The molecule has 0 aromatic carbocycles. The van der Waals surface area contributed by atoms with Gasteiger partial charge in [0.05, 0.1) is 0 Å². The zero-order valence-corrected chi connectivity index (χ0v) is 11.4. The van der Waals surface area contributed by atoms with Gasteiger partial charge < -0.3 is 5.32 Å². The van der Waals surface area contributed by atoms with Crippen molar-refractivity contribution in [2.45, 2.75) is 27.7 Å². The Morgan fingerprint density at radius 1 is 1.35 bits per heavy atom. The SMILES string of the molecule is C=CC(=O)NC.CC.CC(C)C(=O)/C=C/CF. The van der Waals surface area contributed by atoms with E-state index < -0.39 is 6.67 Å². The minimum atomic E-state index is -0.557. The smallest absolute Gasteiger partial charge is 0.243 e. The van der Waals surface area contributed by atoms with E-state index in [2.05, 4.69) is 11.9 Å². The van der Waals surface area contributed by atoms with Crippen LogP contribution in [-0.2, 0) is 9.59 Å². The molecular formula is C13H24FNO2. The third kappa shape index (κ3) is 20.6. The van der Waals surface area contributed by atoms with Gasteiger partial charge in [0, 0.05) is 13.0 Å². The number of hydrogen-bond acceptors (Lipinski definition) is 2. The Hall–Kier alpha value is -1.45. The second-order valence-electron chi connectivity index (χ2n) is 2.93. The van der Waals surface area contributed by atoms with E-state index in [1.54, 1.807) is 20.9 Å². The van der Waals surface area contributed by atoms with Gasteiger partial charge in [-0.15, -0.1) is 0 Å². The highest BCUT2D eigenvalue weighted by atomic mass is 19.1. The molecule has 0 aromatic rings. The fraction of sp³-hybridized carbons (Fsp3) is 0.538. The van der Waals surface area contributed by atoms with Gasteiger partial charge in [-0.3, -0.25) is 9.59 Å². The zero-order valence-electron chi connectivity index (χ0n) is 11.4. The number of carbonyl (C=O) groups excluding carboxylic acids is 2. The first kappa shape index (κ1) is 20.9. The molecule has 0 aromatic heterocycles. The van der Waals surface area contributed by atoms with Gasteiger partial charge in [0.15, 0.2) is 5.78 Å². The summed E-state index contributed by atoms with van der Waals surface area (Å²) in [5, 5.41) is 2.36. The quantitative estimate of drug-likeness (QED) is 0.774. The number of amides is 1. The summed E-state index contributed by atoms with van der Waals surface area (Å²) in [6.07, 6.45) is 3.73. The highest BCUT2D eigenvalue weighted by molar-refractivity contribution is 5.91. The van der Waals surface area contributed by atoms with Crippen LogP contribution in [-0.4, -0.2) is 25.4 Å². The van der Waals surface area contributed by atoms with Gasteiger partial charge in [-0.2, -0.15) is 0 Å². The Balaban J connectivity index is -0.000000213. The minimum Gasteiger partial charge on any atom is -0.356 e. The van der Waals surface area contributed by atoms with Gasteiger partial charge >= 0.3 is 0 Å². The predicted molar refractivity (Wildman–Crippen MR) is 70.6 cm³/mol. The van der Waals surface area contributed by atoms with Crippen LogP contribution in [0.2, 0.25) is 0 Å². The average molecular weight is 245 g/mol. The average Bonchev–Trinajstić information content (AvgIpc) is 2.37. The van der Waals surface area contributed by atoms with Crippen molar-refractivity contribution in [2.24, 2.45) is 5.92 Å². The van der Waals surface area contributed by atoms with Crippen molar-refractivity contribution in [1.29, 1.82) is 0 Å². The lowest BCUT2D eigenvalue weighted by molar-refractivity contribution is -0.117. The number of rotatable bonds is 4. The molecule has 1 amide bonds. The lowest BCUT2D eigenvalue weighted by atomic mass is 10.1. The largest absolute Gasteiger partial charge is 0.356 e. The Bertz CT molecular complexity index is 236. The molecule has 17 heavy (non-hydrogen) atoms. The van der Waals surface area contributed by atoms with Crippen molar-refractivity contribution in [1.82, 2.24) is 5.32 Å². The number of likely N-dealkylation sites (N-methyl/N-ethyl adjacent to an activating group) is 1. The molecule has 4 heteroatoms. The van der Waals surface area contributed by atoms with E-state index in [1.165, 1.54) is 18.2 Å². The molecule has 0 saturated heterocycles. The van der Waals surface area contributed by atoms with E-state index in [0.29, 0.717) is 0 Å². The fourth-order valence-corrected chi connectivity index (χ4v) is 0.455. The summed E-state index contributed by atoms with van der Waals surface area (Å²) in [6, 6.07) is 0. The molecule has 0 heterocycles. The minimum absolute atomic E-state index is 0.0206. The first-order valence-electron chi connectivity index (χ1n) is 5.60. The van der Waals surface area contributed by atoms with Crippen molar-refractivity contribution >= 4 is 11.7 Å². The summed E-state index contributed by atoms with van der Waals surface area (Å²) >= 11 is 0. The van der Waals surface area contributed by atoms with Crippen molar-refractivity contribution in [3.05, 3.63) is 24.8 Å². The second kappa shape index (κ2) is 17.0. The van der Waals surface area contributed by atoms with Gasteiger partial charge in [0.1, 0.15) is 6.67 Å². The molecule has 0 fully saturated rings. The van der Waals surface area contributed by atoms with Crippen molar-refractivity contribution in [3.63, 3.8) is 0 Å². The molecule has 0 aliphatic heterocycles. The van der Waals surface area contributed by atoms with Gasteiger partial charge in [-0.05, 0) is 12.2 Å². The maximum absolute atomic E-state index is 11.4. The molecule has 0 bridgehead atoms. The van der Waals surface area contributed by atoms with E-state index >= 15 is 0 Å². The van der Waals surface area contributed by atoms with E-state index in [1.807, 2.05) is 13.8 Å². The van der Waals surface area contributed by atoms with Crippen molar-refractivity contribution in [2.75, 3.05) is 13.7 Å². The summed E-state index contributed by atoms with van der Waals surface area (Å²) in [6.45, 7) is 10.2. The van der Waals surface area contributed by atoms with Crippen LogP contribution in [0.3, 0.4) is 0 Å². The lowest BCUT2D eigenvalue weighted by Gasteiger charge is -1.94. The molecular weight excluding hydrogens is 221 g/mol. The predicted octanol–water partition coefficient (Wildman–Crippen LogP) is 2.68. The summed E-state index contributed by atoms with van der Waals surface area (Å²) in [4.78, 5) is 20.6. The molecule has 0 spiro atoms. The first-order valence-corrected chi connectivity index (χ1v) is 5.60. The van der Waals surface area contributed by atoms with Gasteiger partial charge in [-0.25, -0.2) is 4.39 Å². The highest BCUT2D eigenvalue weighted by Crippen LogP contribution is 1.94. The van der Waals surface area contributed by atoms with Gasteiger partial charge in [0.25, 0.3) is 0 Å². The monoisotopic (exact) mass is 245 g/mol. The van der Waals surface area contributed by atoms with Crippen LogP contribution in [0.4, 0.5) is 4.39 Å². The summed E-state index contributed by atoms with van der Waals surface area (Å²) in [5.41, 5.74) is 0. The van der Waals surface area contributed by atoms with Crippen LogP contribution in [0, 0.1) is 5.92 Å². The standard InChI is InChI=1S/C7H11FO.C4H7NO.C2H6/c1-6(2)7(9)4-3-5-8;1-3-4(6)5-2;1-2/h3-4,6H,5H2,1-2H3;3H,1H2,2H3,(H,5,6);1-2H3/b4-3+;;. The zero-order chi connectivity index (χ0) is 14.3. The van der Waals surface area contributed by atoms with Gasteiger partial charge in [-0.1, -0.05) is 40.3 Å². The number of hydrogen-bond donors (Lipinski definition) is 1. The normalized spacial score (nSPS) is 8.65. The van der Waals surface area contributed by atoms with Crippen LogP contribution < -0.4 is 5.32 Å². The van der Waals surface area contributed by atoms with Crippen molar-refractivity contribution in [3.8, 4) is 0 Å². The topological polar surface area (TPSA) is 46.2 Å². The maximum atomic E-state index is 11.4. The Labute approximate surface area is 104 Å². The fourth-order valence-electron chi connectivity index (χ4n) is 0.455. The van der Waals surface area contributed by atoms with E-state index in [0.717, 1.165) is 0 Å². The number of allylic oxidation sites excluding steroid dienone is 2. The Kier molecular flexibility index (Phi) is 20.9. The van der Waals surface area contributed by atoms with Crippen LogP contribution in [0.25, 0.3) is 0 Å². The Morgan fingerprint density at radius 3 is 2.00 bits per heavy atom. The number of halogens is 1. The molecule has 0 rings (SSSR count). The number of carbonyl (C=O) groups is 2. The summed E-state index contributed by atoms with van der Waals surface area (Å²) < 4.78 is 11.4. The Morgan fingerprint density at radius 2 is 1.82 bits per heavy atom. The maximum Gasteiger partial charge on any atom is 0.243 e. The van der Waals surface area contributed by atoms with Crippen LogP contribution in [0.5, 0.6) is 0 Å². The second-order valence-corrected chi connectivity index (χ2v) is 2.93. The van der Waals surface area contributed by atoms with Crippen LogP contribution in [0.1, 0.15) is 27.7 Å². The van der Waals surface area contributed by atoms with E-state index in [-0.39, 0.29) is 17.6 Å². The van der Waals surface area contributed by atoms with Crippen molar-refractivity contribution < 1.29 is 14.0 Å². The van der Waals surface area contributed by atoms with Gasteiger partial charge in [0.2, 0.25) is 5.91 Å². The molecule has 100 valence electrons. The molecule has 1 N–H and O–H groups in total. The molecule has 0 radical (unpaired) electrons. The molecule has 0 aliphatic carbocycles. The molecule has 3 nitrogen and oxygen atoms in total. The summed E-state index contributed by atoms with van der Waals surface area (Å²) in [7, 11) is 1.56. The van der Waals surface area contributed by atoms with Crippen LogP contribution >= 0.6 is 0 Å².